The molecule has 0 amide bonds. The third kappa shape index (κ3) is 1.69. The molecule has 3 aromatic rings. The van der Waals surface area contributed by atoms with Gasteiger partial charge in [0.05, 0.1) is 18.2 Å². The third-order valence-electron chi connectivity index (χ3n) is 3.13. The predicted octanol–water partition coefficient (Wildman–Crippen LogP) is 1.72. The fraction of sp³-hybridized carbons (Fsp3) is 0.231. The van der Waals surface area contributed by atoms with Crippen LogP contribution in [-0.4, -0.2) is 25.5 Å². The summed E-state index contributed by atoms with van der Waals surface area (Å²) in [6.45, 7) is 2.67. The normalized spacial score (nSPS) is 13.0. The first-order valence-electron chi connectivity index (χ1n) is 5.95. The van der Waals surface area contributed by atoms with E-state index in [9.17, 15) is 0 Å². The number of nitrogens with two attached hydrogens (primary N) is 1. The van der Waals surface area contributed by atoms with Crippen LogP contribution < -0.4 is 5.73 Å². The van der Waals surface area contributed by atoms with Gasteiger partial charge in [0.2, 0.25) is 0 Å². The van der Waals surface area contributed by atoms with Crippen LogP contribution in [0.25, 0.3) is 17.0 Å². The molecule has 1 unspecified atom stereocenters. The van der Waals surface area contributed by atoms with Crippen molar-refractivity contribution in [2.24, 2.45) is 5.73 Å². The van der Waals surface area contributed by atoms with Crippen molar-refractivity contribution >= 4 is 5.65 Å². The second-order valence-corrected chi connectivity index (χ2v) is 4.36. The Bertz CT molecular complexity index is 667. The summed E-state index contributed by atoms with van der Waals surface area (Å²) in [6.07, 6.45) is 7.65. The molecule has 0 fully saturated rings. The van der Waals surface area contributed by atoms with Crippen LogP contribution >= 0.6 is 0 Å². The molecule has 3 aromatic heterocycles. The van der Waals surface area contributed by atoms with E-state index in [0.717, 1.165) is 17.0 Å². The zero-order valence-corrected chi connectivity index (χ0v) is 10.2. The van der Waals surface area contributed by atoms with Gasteiger partial charge >= 0.3 is 0 Å². The summed E-state index contributed by atoms with van der Waals surface area (Å²) < 4.78 is 4.05. The third-order valence-corrected chi connectivity index (χ3v) is 3.13. The number of aromatic nitrogens is 4. The molecular formula is C13H15N5. The minimum Gasteiger partial charge on any atom is -0.333 e. The van der Waals surface area contributed by atoms with Crippen LogP contribution in [0, 0.1) is 0 Å². The van der Waals surface area contributed by atoms with Crippen LogP contribution in [0.2, 0.25) is 0 Å². The molecule has 0 aliphatic heterocycles. The van der Waals surface area contributed by atoms with E-state index in [-0.39, 0.29) is 6.04 Å². The fourth-order valence-corrected chi connectivity index (χ4v) is 1.95. The molecule has 0 spiro atoms. The SMILES string of the molecule is CC(CN)n1cnc(-c2cnc3ccccn23)c1. The number of fused-ring (bicyclic) bond motifs is 1. The summed E-state index contributed by atoms with van der Waals surface area (Å²) in [6, 6.07) is 6.19. The molecule has 3 rings (SSSR count). The maximum Gasteiger partial charge on any atom is 0.137 e. The van der Waals surface area contributed by atoms with Gasteiger partial charge in [-0.2, -0.15) is 0 Å². The minimum atomic E-state index is 0.255. The van der Waals surface area contributed by atoms with E-state index in [1.807, 2.05) is 52.1 Å². The smallest absolute Gasteiger partial charge is 0.137 e. The fourth-order valence-electron chi connectivity index (χ4n) is 1.95. The summed E-state index contributed by atoms with van der Waals surface area (Å²) in [5.74, 6) is 0. The Hall–Kier alpha value is -2.14. The maximum atomic E-state index is 5.66. The van der Waals surface area contributed by atoms with Gasteiger partial charge in [0, 0.05) is 25.0 Å². The number of rotatable bonds is 3. The van der Waals surface area contributed by atoms with Crippen LogP contribution in [0.5, 0.6) is 0 Å². The molecule has 2 N–H and O–H groups in total. The van der Waals surface area contributed by atoms with Crippen molar-refractivity contribution in [3.63, 3.8) is 0 Å². The Morgan fingerprint density at radius 2 is 2.22 bits per heavy atom. The standard InChI is InChI=1S/C13H15N5/c1-10(6-14)17-8-11(16-9-17)12-7-15-13-4-2-3-5-18(12)13/h2-5,7-10H,6,14H2,1H3. The molecule has 3 heterocycles. The number of nitrogens with zero attached hydrogens (tertiary/aromatic N) is 4. The summed E-state index contributed by atoms with van der Waals surface area (Å²) in [5.41, 5.74) is 8.49. The molecule has 0 saturated carbocycles. The van der Waals surface area contributed by atoms with Gasteiger partial charge in [0.1, 0.15) is 11.3 Å². The lowest BCUT2D eigenvalue weighted by atomic mass is 10.3. The monoisotopic (exact) mass is 241 g/mol. The van der Waals surface area contributed by atoms with Crippen molar-refractivity contribution in [2.75, 3.05) is 6.54 Å². The summed E-state index contributed by atoms with van der Waals surface area (Å²) >= 11 is 0. The van der Waals surface area contributed by atoms with Crippen molar-refractivity contribution < 1.29 is 0 Å². The molecule has 1 atom stereocenters. The molecule has 0 saturated heterocycles. The van der Waals surface area contributed by atoms with Gasteiger partial charge in [0.25, 0.3) is 0 Å². The number of hydrogen-bond acceptors (Lipinski definition) is 3. The van der Waals surface area contributed by atoms with Crippen molar-refractivity contribution in [1.82, 2.24) is 18.9 Å². The Balaban J connectivity index is 2.07. The highest BCUT2D eigenvalue weighted by Gasteiger charge is 2.10. The molecule has 5 heteroatoms. The molecule has 18 heavy (non-hydrogen) atoms. The first-order chi connectivity index (χ1) is 8.79. The van der Waals surface area contributed by atoms with E-state index in [0.29, 0.717) is 6.54 Å². The quantitative estimate of drug-likeness (QED) is 0.759. The van der Waals surface area contributed by atoms with E-state index in [4.69, 9.17) is 5.73 Å². The van der Waals surface area contributed by atoms with E-state index in [1.165, 1.54) is 0 Å². The van der Waals surface area contributed by atoms with E-state index in [2.05, 4.69) is 16.9 Å². The zero-order chi connectivity index (χ0) is 12.5. The van der Waals surface area contributed by atoms with Gasteiger partial charge in [-0.1, -0.05) is 6.07 Å². The van der Waals surface area contributed by atoms with Crippen molar-refractivity contribution in [2.45, 2.75) is 13.0 Å². The van der Waals surface area contributed by atoms with Crippen LogP contribution in [0.3, 0.4) is 0 Å². The topological polar surface area (TPSA) is 61.1 Å². The van der Waals surface area contributed by atoms with E-state index in [1.54, 1.807) is 0 Å². The number of imidazole rings is 2. The van der Waals surface area contributed by atoms with Crippen molar-refractivity contribution in [3.05, 3.63) is 43.1 Å². The molecule has 5 nitrogen and oxygen atoms in total. The lowest BCUT2D eigenvalue weighted by Crippen LogP contribution is -2.14. The Morgan fingerprint density at radius 3 is 3.06 bits per heavy atom. The maximum absolute atomic E-state index is 5.66. The van der Waals surface area contributed by atoms with E-state index < -0.39 is 0 Å². The summed E-state index contributed by atoms with van der Waals surface area (Å²) in [4.78, 5) is 8.78. The lowest BCUT2D eigenvalue weighted by Gasteiger charge is -2.08. The van der Waals surface area contributed by atoms with E-state index >= 15 is 0 Å². The van der Waals surface area contributed by atoms with Gasteiger partial charge in [0.15, 0.2) is 0 Å². The van der Waals surface area contributed by atoms with Crippen LogP contribution in [-0.2, 0) is 0 Å². The van der Waals surface area contributed by atoms with Crippen molar-refractivity contribution in [1.29, 1.82) is 0 Å². The molecule has 0 aromatic carbocycles. The lowest BCUT2D eigenvalue weighted by molar-refractivity contribution is 0.558. The van der Waals surface area contributed by atoms with Gasteiger partial charge in [-0.05, 0) is 19.1 Å². The minimum absolute atomic E-state index is 0.255. The Morgan fingerprint density at radius 1 is 1.33 bits per heavy atom. The highest BCUT2D eigenvalue weighted by molar-refractivity contribution is 5.59. The second-order valence-electron chi connectivity index (χ2n) is 4.36. The van der Waals surface area contributed by atoms with Gasteiger partial charge < -0.3 is 10.3 Å². The average molecular weight is 241 g/mol. The summed E-state index contributed by atoms with van der Waals surface area (Å²) in [7, 11) is 0. The molecule has 0 aliphatic carbocycles. The van der Waals surface area contributed by atoms with Crippen LogP contribution in [0.1, 0.15) is 13.0 Å². The largest absolute Gasteiger partial charge is 0.333 e. The van der Waals surface area contributed by atoms with Gasteiger partial charge in [-0.15, -0.1) is 0 Å². The highest BCUT2D eigenvalue weighted by atomic mass is 15.1. The molecule has 0 radical (unpaired) electrons. The molecule has 0 bridgehead atoms. The molecule has 0 aliphatic rings. The first kappa shape index (κ1) is 11.0. The van der Waals surface area contributed by atoms with Crippen molar-refractivity contribution in [3.8, 4) is 11.4 Å². The number of hydrogen-bond donors (Lipinski definition) is 1. The molecule has 92 valence electrons. The van der Waals surface area contributed by atoms with Crippen LogP contribution in [0.15, 0.2) is 43.1 Å². The van der Waals surface area contributed by atoms with Crippen LogP contribution in [0.4, 0.5) is 0 Å². The number of pyridine rings is 1. The highest BCUT2D eigenvalue weighted by Crippen LogP contribution is 2.19. The predicted molar refractivity (Wildman–Crippen MR) is 70.2 cm³/mol. The zero-order valence-electron chi connectivity index (χ0n) is 10.2. The Labute approximate surface area is 105 Å². The Kier molecular flexibility index (Phi) is 2.60. The first-order valence-corrected chi connectivity index (χ1v) is 5.95. The molecular weight excluding hydrogens is 226 g/mol. The van der Waals surface area contributed by atoms with Gasteiger partial charge in [-0.25, -0.2) is 9.97 Å². The average Bonchev–Trinajstić information content (AvgIpc) is 3.03. The van der Waals surface area contributed by atoms with Gasteiger partial charge in [-0.3, -0.25) is 4.40 Å². The second kappa shape index (κ2) is 4.27. The summed E-state index contributed by atoms with van der Waals surface area (Å²) in [5, 5.41) is 0.